The fourth-order valence-corrected chi connectivity index (χ4v) is 4.10. The van der Waals surface area contributed by atoms with Gasteiger partial charge in [0.1, 0.15) is 0 Å². The van der Waals surface area contributed by atoms with E-state index in [0.717, 1.165) is 45.2 Å². The van der Waals surface area contributed by atoms with Crippen LogP contribution in [0.25, 0.3) is 0 Å². The molecule has 2 amide bonds. The summed E-state index contributed by atoms with van der Waals surface area (Å²) in [6, 6.07) is 8.55. The average molecular weight is 342 g/mol. The van der Waals surface area contributed by atoms with Gasteiger partial charge in [0.15, 0.2) is 0 Å². The lowest BCUT2D eigenvalue weighted by Gasteiger charge is -2.34. The molecule has 4 heteroatoms. The second kappa shape index (κ2) is 8.50. The third-order valence-electron chi connectivity index (χ3n) is 5.60. The van der Waals surface area contributed by atoms with E-state index in [1.165, 1.54) is 24.0 Å². The normalized spacial score (nSPS) is 19.2. The highest BCUT2D eigenvalue weighted by Crippen LogP contribution is 2.27. The van der Waals surface area contributed by atoms with Gasteiger partial charge in [0.25, 0.3) is 0 Å². The van der Waals surface area contributed by atoms with Crippen LogP contribution in [0, 0.1) is 12.8 Å². The zero-order valence-corrected chi connectivity index (χ0v) is 15.3. The summed E-state index contributed by atoms with van der Waals surface area (Å²) in [5.41, 5.74) is 2.45. The molecule has 1 aliphatic carbocycles. The van der Waals surface area contributed by atoms with Gasteiger partial charge < -0.3 is 10.2 Å². The van der Waals surface area contributed by atoms with Crippen molar-refractivity contribution in [2.75, 3.05) is 13.1 Å². The molecule has 0 radical (unpaired) electrons. The first-order valence-electron chi connectivity index (χ1n) is 9.75. The molecule has 25 heavy (non-hydrogen) atoms. The third kappa shape index (κ3) is 5.07. The summed E-state index contributed by atoms with van der Waals surface area (Å²) in [7, 11) is 0. The van der Waals surface area contributed by atoms with Crippen LogP contribution in [0.1, 0.15) is 56.1 Å². The fraction of sp³-hybridized carbons (Fsp3) is 0.619. The number of nitrogens with one attached hydrogen (secondary N) is 1. The molecule has 3 rings (SSSR count). The fourth-order valence-electron chi connectivity index (χ4n) is 4.10. The first-order valence-corrected chi connectivity index (χ1v) is 9.75. The zero-order chi connectivity index (χ0) is 17.6. The second-order valence-corrected chi connectivity index (χ2v) is 7.64. The number of carbonyl (C=O) groups excluding carboxylic acids is 2. The minimum atomic E-state index is 0.127. The number of amides is 2. The van der Waals surface area contributed by atoms with Crippen molar-refractivity contribution in [1.82, 2.24) is 10.2 Å². The molecule has 2 fully saturated rings. The first-order chi connectivity index (χ1) is 12.1. The van der Waals surface area contributed by atoms with Gasteiger partial charge in [-0.15, -0.1) is 0 Å². The van der Waals surface area contributed by atoms with Crippen molar-refractivity contribution in [1.29, 1.82) is 0 Å². The lowest BCUT2D eigenvalue weighted by atomic mass is 10.0. The molecule has 0 aromatic heterocycles. The van der Waals surface area contributed by atoms with Crippen LogP contribution >= 0.6 is 0 Å². The summed E-state index contributed by atoms with van der Waals surface area (Å²) in [6.07, 6.45) is 7.61. The minimum absolute atomic E-state index is 0.127. The maximum absolute atomic E-state index is 12.5. The highest BCUT2D eigenvalue weighted by molar-refractivity contribution is 5.79. The Morgan fingerprint density at radius 2 is 1.84 bits per heavy atom. The summed E-state index contributed by atoms with van der Waals surface area (Å²) in [5.74, 6) is 0.740. The van der Waals surface area contributed by atoms with E-state index in [1.807, 2.05) is 11.0 Å². The van der Waals surface area contributed by atoms with Gasteiger partial charge in [-0.2, -0.15) is 0 Å². The number of aryl methyl sites for hydroxylation is 2. The number of rotatable bonds is 5. The van der Waals surface area contributed by atoms with E-state index in [9.17, 15) is 9.59 Å². The first kappa shape index (κ1) is 18.0. The number of carbonyl (C=O) groups is 2. The molecule has 0 unspecified atom stereocenters. The van der Waals surface area contributed by atoms with Crippen LogP contribution < -0.4 is 5.32 Å². The molecule has 1 aliphatic heterocycles. The summed E-state index contributed by atoms with van der Waals surface area (Å²) >= 11 is 0. The van der Waals surface area contributed by atoms with Crippen molar-refractivity contribution in [3.8, 4) is 0 Å². The Hall–Kier alpha value is -1.84. The Kier molecular flexibility index (Phi) is 6.11. The van der Waals surface area contributed by atoms with E-state index in [2.05, 4.69) is 30.4 Å². The molecular formula is C21H30N2O2. The van der Waals surface area contributed by atoms with Crippen molar-refractivity contribution in [3.05, 3.63) is 35.4 Å². The average Bonchev–Trinajstić information content (AvgIpc) is 3.15. The number of benzene rings is 1. The van der Waals surface area contributed by atoms with Crippen molar-refractivity contribution in [2.24, 2.45) is 5.92 Å². The lowest BCUT2D eigenvalue weighted by Crippen LogP contribution is -2.47. The van der Waals surface area contributed by atoms with E-state index in [1.54, 1.807) is 0 Å². The molecule has 0 bridgehead atoms. The Bertz CT molecular complexity index is 600. The van der Waals surface area contributed by atoms with E-state index in [-0.39, 0.29) is 17.9 Å². The van der Waals surface area contributed by atoms with E-state index in [0.29, 0.717) is 12.3 Å². The maximum atomic E-state index is 12.5. The summed E-state index contributed by atoms with van der Waals surface area (Å²) in [5, 5.41) is 3.16. The van der Waals surface area contributed by atoms with E-state index >= 15 is 0 Å². The number of hydrogen-bond donors (Lipinski definition) is 1. The molecule has 1 saturated carbocycles. The summed E-state index contributed by atoms with van der Waals surface area (Å²) in [4.78, 5) is 26.7. The van der Waals surface area contributed by atoms with Crippen LogP contribution in [0.2, 0.25) is 0 Å². The molecule has 0 atom stereocenters. The molecule has 0 spiro atoms. The van der Waals surface area contributed by atoms with E-state index < -0.39 is 0 Å². The van der Waals surface area contributed by atoms with Crippen LogP contribution in [0.3, 0.4) is 0 Å². The lowest BCUT2D eigenvalue weighted by molar-refractivity contribution is -0.136. The molecule has 1 N–H and O–H groups in total. The smallest absolute Gasteiger partial charge is 0.225 e. The predicted molar refractivity (Wildman–Crippen MR) is 99.2 cm³/mol. The van der Waals surface area contributed by atoms with Crippen LogP contribution in [0.15, 0.2) is 24.3 Å². The van der Waals surface area contributed by atoms with Gasteiger partial charge in [-0.05, 0) is 44.6 Å². The summed E-state index contributed by atoms with van der Waals surface area (Å²) in [6.45, 7) is 3.65. The number of hydrogen-bond acceptors (Lipinski definition) is 2. The van der Waals surface area contributed by atoms with Crippen LogP contribution in [0.5, 0.6) is 0 Å². The van der Waals surface area contributed by atoms with Crippen LogP contribution in [-0.2, 0) is 16.0 Å². The Morgan fingerprint density at radius 3 is 2.52 bits per heavy atom. The second-order valence-electron chi connectivity index (χ2n) is 7.64. The highest BCUT2D eigenvalue weighted by Gasteiger charge is 2.30. The van der Waals surface area contributed by atoms with Gasteiger partial charge in [-0.1, -0.05) is 42.7 Å². The largest absolute Gasteiger partial charge is 0.353 e. The van der Waals surface area contributed by atoms with E-state index in [4.69, 9.17) is 0 Å². The molecule has 4 nitrogen and oxygen atoms in total. The molecule has 136 valence electrons. The molecule has 1 saturated heterocycles. The van der Waals surface area contributed by atoms with Gasteiger partial charge in [-0.3, -0.25) is 9.59 Å². The van der Waals surface area contributed by atoms with Crippen molar-refractivity contribution in [2.45, 2.75) is 64.3 Å². The molecule has 1 heterocycles. The van der Waals surface area contributed by atoms with Gasteiger partial charge in [-0.25, -0.2) is 0 Å². The van der Waals surface area contributed by atoms with Crippen molar-refractivity contribution < 1.29 is 9.59 Å². The SMILES string of the molecule is Cc1cccc(CCC(=O)NC2CCN(C(=O)C3CCCC3)CC2)c1. The molecule has 2 aliphatic rings. The highest BCUT2D eigenvalue weighted by atomic mass is 16.2. The summed E-state index contributed by atoms with van der Waals surface area (Å²) < 4.78 is 0. The quantitative estimate of drug-likeness (QED) is 0.893. The Morgan fingerprint density at radius 1 is 1.12 bits per heavy atom. The van der Waals surface area contributed by atoms with Gasteiger partial charge in [0.05, 0.1) is 0 Å². The predicted octanol–water partition coefficient (Wildman–Crippen LogP) is 3.23. The monoisotopic (exact) mass is 342 g/mol. The third-order valence-corrected chi connectivity index (χ3v) is 5.60. The zero-order valence-electron chi connectivity index (χ0n) is 15.3. The standard InChI is InChI=1S/C21H30N2O2/c1-16-5-4-6-17(15-16)9-10-20(24)22-19-11-13-23(14-12-19)21(25)18-7-2-3-8-18/h4-6,15,18-19H,2-3,7-14H2,1H3,(H,22,24). The topological polar surface area (TPSA) is 49.4 Å². The maximum Gasteiger partial charge on any atom is 0.225 e. The molecule has 1 aromatic carbocycles. The van der Waals surface area contributed by atoms with Gasteiger partial charge in [0, 0.05) is 31.5 Å². The number of likely N-dealkylation sites (tertiary alicyclic amines) is 1. The van der Waals surface area contributed by atoms with Crippen molar-refractivity contribution >= 4 is 11.8 Å². The van der Waals surface area contributed by atoms with Crippen LogP contribution in [-0.4, -0.2) is 35.8 Å². The van der Waals surface area contributed by atoms with Crippen LogP contribution in [0.4, 0.5) is 0 Å². The van der Waals surface area contributed by atoms with Crippen molar-refractivity contribution in [3.63, 3.8) is 0 Å². The number of piperidine rings is 1. The molecule has 1 aromatic rings. The Labute approximate surface area is 151 Å². The Balaban J connectivity index is 1.38. The van der Waals surface area contributed by atoms with Gasteiger partial charge >= 0.3 is 0 Å². The minimum Gasteiger partial charge on any atom is -0.353 e. The molecular weight excluding hydrogens is 312 g/mol. The number of nitrogens with zero attached hydrogens (tertiary/aromatic N) is 1. The van der Waals surface area contributed by atoms with Gasteiger partial charge in [0.2, 0.25) is 11.8 Å².